The maximum atomic E-state index is 12.1. The second-order valence-corrected chi connectivity index (χ2v) is 6.52. The maximum Gasteiger partial charge on any atom is 0.254 e. The molecule has 0 spiro atoms. The number of carbonyl (C=O) groups is 2. The second-order valence-electron chi connectivity index (χ2n) is 5.21. The molecule has 1 aromatic rings. The Kier molecular flexibility index (Phi) is 5.60. The van der Waals surface area contributed by atoms with Crippen LogP contribution in [-0.4, -0.2) is 35.3 Å². The van der Waals surface area contributed by atoms with Crippen molar-refractivity contribution in [3.05, 3.63) is 29.8 Å². The highest BCUT2D eigenvalue weighted by molar-refractivity contribution is 8.15. The highest BCUT2D eigenvalue weighted by Gasteiger charge is 2.30. The van der Waals surface area contributed by atoms with Gasteiger partial charge in [-0.05, 0) is 32.4 Å². The molecule has 1 N–H and O–H groups in total. The lowest BCUT2D eigenvalue weighted by Gasteiger charge is -2.20. The number of aliphatic imine (C=N–C) groups is 1. The molecule has 6 heteroatoms. The number of rotatable bonds is 5. The third kappa shape index (κ3) is 3.88. The Morgan fingerprint density at radius 3 is 2.73 bits per heavy atom. The normalized spacial score (nSPS) is 15.7. The fourth-order valence-electron chi connectivity index (χ4n) is 2.03. The third-order valence-electron chi connectivity index (χ3n) is 3.28. The molecule has 2 rings (SSSR count). The van der Waals surface area contributed by atoms with Gasteiger partial charge in [-0.25, -0.2) is 0 Å². The van der Waals surface area contributed by atoms with Crippen LogP contribution in [0.25, 0.3) is 0 Å². The fourth-order valence-corrected chi connectivity index (χ4v) is 2.98. The first-order valence-corrected chi connectivity index (χ1v) is 8.29. The molecule has 0 saturated heterocycles. The Balaban J connectivity index is 2.08. The van der Waals surface area contributed by atoms with Gasteiger partial charge in [-0.3, -0.25) is 19.5 Å². The Hall–Kier alpha value is -1.82. The number of anilines is 1. The number of thioether (sulfide) groups is 1. The van der Waals surface area contributed by atoms with Crippen molar-refractivity contribution in [2.75, 3.05) is 18.0 Å². The number of amides is 2. The Morgan fingerprint density at radius 2 is 2.09 bits per heavy atom. The van der Waals surface area contributed by atoms with Crippen LogP contribution in [0.5, 0.6) is 0 Å². The van der Waals surface area contributed by atoms with Gasteiger partial charge in [-0.15, -0.1) is 0 Å². The average molecular weight is 319 g/mol. The molecule has 1 aliphatic rings. The molecule has 0 aliphatic carbocycles. The Bertz CT molecular complexity index is 584. The van der Waals surface area contributed by atoms with Crippen molar-refractivity contribution in [3.8, 4) is 0 Å². The summed E-state index contributed by atoms with van der Waals surface area (Å²) in [5.41, 5.74) is 1.93. The van der Waals surface area contributed by atoms with E-state index in [1.54, 1.807) is 4.90 Å². The van der Waals surface area contributed by atoms with Crippen LogP contribution >= 0.6 is 11.8 Å². The molecule has 22 heavy (non-hydrogen) atoms. The zero-order valence-electron chi connectivity index (χ0n) is 13.1. The molecule has 0 saturated carbocycles. The van der Waals surface area contributed by atoms with E-state index in [0.29, 0.717) is 11.7 Å². The van der Waals surface area contributed by atoms with E-state index in [4.69, 9.17) is 0 Å². The first-order valence-electron chi connectivity index (χ1n) is 7.41. The van der Waals surface area contributed by atoms with Gasteiger partial charge in [-0.1, -0.05) is 36.4 Å². The first kappa shape index (κ1) is 16.5. The van der Waals surface area contributed by atoms with Crippen LogP contribution in [0.2, 0.25) is 0 Å². The highest BCUT2D eigenvalue weighted by Crippen LogP contribution is 2.26. The minimum atomic E-state index is -0.288. The van der Waals surface area contributed by atoms with Crippen LogP contribution < -0.4 is 10.2 Å². The number of aryl methyl sites for hydroxylation is 1. The van der Waals surface area contributed by atoms with Crippen LogP contribution in [0.4, 0.5) is 5.69 Å². The van der Waals surface area contributed by atoms with E-state index >= 15 is 0 Å². The number of amidine groups is 1. The van der Waals surface area contributed by atoms with Crippen molar-refractivity contribution in [1.29, 1.82) is 0 Å². The average Bonchev–Trinajstić information content (AvgIpc) is 2.86. The molecular formula is C16H21N3O2S. The first-order chi connectivity index (χ1) is 10.5. The molecule has 1 aromatic carbocycles. The zero-order chi connectivity index (χ0) is 16.1. The predicted octanol–water partition coefficient (Wildman–Crippen LogP) is 2.35. The van der Waals surface area contributed by atoms with Crippen molar-refractivity contribution < 1.29 is 9.59 Å². The molecule has 118 valence electrons. The standard InChI is InChI=1S/C16H21N3O2S/c1-4-9-17-15(21)12(3)22-16-18-10-14(20)19(16)13-7-5-11(2)6-8-13/h5-8,12H,4,9-10H2,1-3H3,(H,17,21)/t12-/m0/s1. The smallest absolute Gasteiger partial charge is 0.254 e. The van der Waals surface area contributed by atoms with Crippen molar-refractivity contribution in [1.82, 2.24) is 5.32 Å². The summed E-state index contributed by atoms with van der Waals surface area (Å²) < 4.78 is 0. The molecule has 1 heterocycles. The van der Waals surface area contributed by atoms with Crippen LogP contribution in [0, 0.1) is 6.92 Å². The van der Waals surface area contributed by atoms with Gasteiger partial charge in [0.25, 0.3) is 5.91 Å². The number of hydrogen-bond acceptors (Lipinski definition) is 4. The van der Waals surface area contributed by atoms with Gasteiger partial charge in [0.05, 0.1) is 10.9 Å². The quantitative estimate of drug-likeness (QED) is 0.906. The van der Waals surface area contributed by atoms with Gasteiger partial charge in [0.1, 0.15) is 6.54 Å². The number of hydrogen-bond donors (Lipinski definition) is 1. The lowest BCUT2D eigenvalue weighted by molar-refractivity contribution is -0.120. The summed E-state index contributed by atoms with van der Waals surface area (Å²) in [6.45, 7) is 6.64. The third-order valence-corrected chi connectivity index (χ3v) is 4.37. The molecule has 0 bridgehead atoms. The van der Waals surface area contributed by atoms with Crippen LogP contribution in [-0.2, 0) is 9.59 Å². The summed E-state index contributed by atoms with van der Waals surface area (Å²) in [6.07, 6.45) is 0.901. The SMILES string of the molecule is CCCNC(=O)[C@H](C)SC1=NCC(=O)N1c1ccc(C)cc1. The lowest BCUT2D eigenvalue weighted by Crippen LogP contribution is -2.36. The highest BCUT2D eigenvalue weighted by atomic mass is 32.2. The van der Waals surface area contributed by atoms with Crippen molar-refractivity contribution in [3.63, 3.8) is 0 Å². The van der Waals surface area contributed by atoms with E-state index in [-0.39, 0.29) is 23.6 Å². The molecule has 0 radical (unpaired) electrons. The van der Waals surface area contributed by atoms with E-state index in [1.165, 1.54) is 11.8 Å². The summed E-state index contributed by atoms with van der Waals surface area (Å²) >= 11 is 1.32. The number of nitrogens with zero attached hydrogens (tertiary/aromatic N) is 2. The summed E-state index contributed by atoms with van der Waals surface area (Å²) in [4.78, 5) is 29.9. The lowest BCUT2D eigenvalue weighted by atomic mass is 10.2. The van der Waals surface area contributed by atoms with Gasteiger partial charge < -0.3 is 5.32 Å². The topological polar surface area (TPSA) is 61.8 Å². The minimum Gasteiger partial charge on any atom is -0.355 e. The molecule has 5 nitrogen and oxygen atoms in total. The zero-order valence-corrected chi connectivity index (χ0v) is 13.9. The van der Waals surface area contributed by atoms with E-state index in [1.807, 2.05) is 45.0 Å². The summed E-state index contributed by atoms with van der Waals surface area (Å²) in [7, 11) is 0. The van der Waals surface area contributed by atoms with E-state index in [9.17, 15) is 9.59 Å². The molecule has 0 unspecified atom stereocenters. The van der Waals surface area contributed by atoms with Gasteiger partial charge in [-0.2, -0.15) is 0 Å². The summed E-state index contributed by atoms with van der Waals surface area (Å²) in [5.74, 6) is -0.0923. The van der Waals surface area contributed by atoms with Crippen LogP contribution in [0.3, 0.4) is 0 Å². The van der Waals surface area contributed by atoms with Crippen molar-refractivity contribution in [2.24, 2.45) is 4.99 Å². The van der Waals surface area contributed by atoms with Gasteiger partial charge in [0.15, 0.2) is 5.17 Å². The molecule has 0 fully saturated rings. The maximum absolute atomic E-state index is 12.1. The van der Waals surface area contributed by atoms with Crippen molar-refractivity contribution >= 4 is 34.4 Å². The summed E-state index contributed by atoms with van der Waals surface area (Å²) in [6, 6.07) is 7.72. The second kappa shape index (κ2) is 7.45. The molecular weight excluding hydrogens is 298 g/mol. The van der Waals surface area contributed by atoms with Gasteiger partial charge in [0, 0.05) is 6.54 Å². The Morgan fingerprint density at radius 1 is 1.41 bits per heavy atom. The van der Waals surface area contributed by atoms with E-state index in [2.05, 4.69) is 10.3 Å². The van der Waals surface area contributed by atoms with E-state index in [0.717, 1.165) is 17.7 Å². The van der Waals surface area contributed by atoms with E-state index < -0.39 is 0 Å². The minimum absolute atomic E-state index is 0.0299. The molecule has 1 atom stereocenters. The predicted molar refractivity (Wildman–Crippen MR) is 91.3 cm³/mol. The number of nitrogens with one attached hydrogen (secondary N) is 1. The molecule has 1 aliphatic heterocycles. The molecule has 0 aromatic heterocycles. The largest absolute Gasteiger partial charge is 0.355 e. The van der Waals surface area contributed by atoms with Crippen LogP contribution in [0.1, 0.15) is 25.8 Å². The van der Waals surface area contributed by atoms with Gasteiger partial charge in [0.2, 0.25) is 5.91 Å². The van der Waals surface area contributed by atoms with Crippen molar-refractivity contribution in [2.45, 2.75) is 32.4 Å². The monoisotopic (exact) mass is 319 g/mol. The Labute approximate surface area is 135 Å². The van der Waals surface area contributed by atoms with Gasteiger partial charge >= 0.3 is 0 Å². The van der Waals surface area contributed by atoms with Crippen LogP contribution in [0.15, 0.2) is 29.3 Å². The molecule has 2 amide bonds. The fraction of sp³-hybridized carbons (Fsp3) is 0.438. The summed E-state index contributed by atoms with van der Waals surface area (Å²) in [5, 5.41) is 3.16. The number of carbonyl (C=O) groups excluding carboxylic acids is 2. The number of benzene rings is 1.